The Balaban J connectivity index is 1.46. The minimum absolute atomic E-state index is 0.0312. The Hall–Kier alpha value is -2.08. The molecule has 1 aromatic carbocycles. The van der Waals surface area contributed by atoms with Gasteiger partial charge in [-0.25, -0.2) is 0 Å². The van der Waals surface area contributed by atoms with Crippen LogP contribution in [-0.2, 0) is 4.79 Å². The molecule has 1 heterocycles. The topological polar surface area (TPSA) is 53.1 Å². The van der Waals surface area contributed by atoms with Crippen molar-refractivity contribution < 1.29 is 14.3 Å². The van der Waals surface area contributed by atoms with Gasteiger partial charge in [-0.1, -0.05) is 25.3 Å². The maximum absolute atomic E-state index is 12.8. The number of nitrogens with zero attached hydrogens (tertiary/aromatic N) is 3. The molecule has 2 amide bonds. The van der Waals surface area contributed by atoms with Crippen LogP contribution in [0.3, 0.4) is 0 Å². The second-order valence-electron chi connectivity index (χ2n) is 8.53. The molecule has 6 heteroatoms. The Labute approximate surface area is 174 Å². The summed E-state index contributed by atoms with van der Waals surface area (Å²) in [6.07, 6.45) is 6.45. The quantitative estimate of drug-likeness (QED) is 0.736. The summed E-state index contributed by atoms with van der Waals surface area (Å²) in [7, 11) is 3.55. The van der Waals surface area contributed by atoms with Crippen LogP contribution in [0.2, 0.25) is 0 Å². The number of hydrogen-bond donors (Lipinski definition) is 0. The number of ether oxygens (including phenoxy) is 1. The van der Waals surface area contributed by atoms with Crippen LogP contribution in [0.25, 0.3) is 0 Å². The second-order valence-corrected chi connectivity index (χ2v) is 8.53. The van der Waals surface area contributed by atoms with Gasteiger partial charge in [0.2, 0.25) is 5.91 Å². The Kier molecular flexibility index (Phi) is 7.53. The largest absolute Gasteiger partial charge is 0.496 e. The first-order chi connectivity index (χ1) is 14.0. The molecule has 0 unspecified atom stereocenters. The molecule has 1 aliphatic heterocycles. The minimum Gasteiger partial charge on any atom is -0.496 e. The summed E-state index contributed by atoms with van der Waals surface area (Å²) in [4.78, 5) is 31.4. The molecule has 0 atom stereocenters. The first kappa shape index (κ1) is 21.6. The molecule has 1 aromatic rings. The number of hydrogen-bond acceptors (Lipinski definition) is 4. The van der Waals surface area contributed by atoms with Crippen LogP contribution in [0.15, 0.2) is 18.2 Å². The number of piperazine rings is 1. The van der Waals surface area contributed by atoms with Gasteiger partial charge in [-0.05, 0) is 43.4 Å². The standard InChI is InChI=1S/C23H35N3O3/c1-18-9-10-20(15-21(18)29-3)23(28)26-13-11-25(12-14-26)17-22(27)24(2)16-19-7-5-4-6-8-19/h9-10,15,19H,4-8,11-14,16-17H2,1-3H3. The highest BCUT2D eigenvalue weighted by atomic mass is 16.5. The molecule has 0 aromatic heterocycles. The molecular weight excluding hydrogens is 366 g/mol. The predicted octanol–water partition coefficient (Wildman–Crippen LogP) is 2.80. The van der Waals surface area contributed by atoms with E-state index < -0.39 is 0 Å². The predicted molar refractivity (Wildman–Crippen MR) is 114 cm³/mol. The summed E-state index contributed by atoms with van der Waals surface area (Å²) in [6, 6.07) is 5.59. The third-order valence-electron chi connectivity index (χ3n) is 6.36. The first-order valence-corrected chi connectivity index (χ1v) is 10.9. The van der Waals surface area contributed by atoms with Gasteiger partial charge in [0.15, 0.2) is 0 Å². The smallest absolute Gasteiger partial charge is 0.254 e. The average molecular weight is 402 g/mol. The molecule has 1 saturated heterocycles. The fraction of sp³-hybridized carbons (Fsp3) is 0.652. The summed E-state index contributed by atoms with van der Waals surface area (Å²) >= 11 is 0. The second kappa shape index (κ2) is 10.1. The normalized spacial score (nSPS) is 18.5. The lowest BCUT2D eigenvalue weighted by atomic mass is 9.89. The van der Waals surface area contributed by atoms with Gasteiger partial charge in [-0.2, -0.15) is 0 Å². The van der Waals surface area contributed by atoms with Gasteiger partial charge in [-0.3, -0.25) is 14.5 Å². The molecule has 2 aliphatic rings. The molecule has 0 spiro atoms. The molecular formula is C23H35N3O3. The van der Waals surface area contributed by atoms with E-state index in [9.17, 15) is 9.59 Å². The van der Waals surface area contributed by atoms with Crippen molar-refractivity contribution in [1.82, 2.24) is 14.7 Å². The molecule has 0 N–H and O–H groups in total. The number of aryl methyl sites for hydroxylation is 1. The Morgan fingerprint density at radius 3 is 2.45 bits per heavy atom. The number of carbonyl (C=O) groups is 2. The fourth-order valence-corrected chi connectivity index (χ4v) is 4.42. The minimum atomic E-state index is 0.0312. The van der Waals surface area contributed by atoms with Crippen molar-refractivity contribution in [3.63, 3.8) is 0 Å². The van der Waals surface area contributed by atoms with Crippen LogP contribution < -0.4 is 4.74 Å². The van der Waals surface area contributed by atoms with Crippen LogP contribution in [-0.4, -0.2) is 79.9 Å². The van der Waals surface area contributed by atoms with Crippen molar-refractivity contribution >= 4 is 11.8 Å². The van der Waals surface area contributed by atoms with E-state index in [1.54, 1.807) is 7.11 Å². The van der Waals surface area contributed by atoms with E-state index >= 15 is 0 Å². The van der Waals surface area contributed by atoms with Crippen molar-refractivity contribution in [3.05, 3.63) is 29.3 Å². The van der Waals surface area contributed by atoms with Crippen molar-refractivity contribution in [2.45, 2.75) is 39.0 Å². The first-order valence-electron chi connectivity index (χ1n) is 10.9. The zero-order valence-corrected chi connectivity index (χ0v) is 18.2. The molecule has 1 saturated carbocycles. The van der Waals surface area contributed by atoms with Crippen molar-refractivity contribution in [1.29, 1.82) is 0 Å². The van der Waals surface area contributed by atoms with Gasteiger partial charge < -0.3 is 14.5 Å². The van der Waals surface area contributed by atoms with Crippen molar-refractivity contribution in [3.8, 4) is 5.75 Å². The van der Waals surface area contributed by atoms with Gasteiger partial charge in [0.05, 0.1) is 13.7 Å². The molecule has 29 heavy (non-hydrogen) atoms. The molecule has 3 rings (SSSR count). The zero-order valence-electron chi connectivity index (χ0n) is 18.2. The molecule has 2 fully saturated rings. The number of methoxy groups -OCH3 is 1. The number of benzene rings is 1. The highest BCUT2D eigenvalue weighted by molar-refractivity contribution is 5.94. The lowest BCUT2D eigenvalue weighted by Gasteiger charge is -2.35. The summed E-state index contributed by atoms with van der Waals surface area (Å²) in [5, 5.41) is 0. The van der Waals surface area contributed by atoms with E-state index in [4.69, 9.17) is 4.74 Å². The summed E-state index contributed by atoms with van der Waals surface area (Å²) in [5.41, 5.74) is 1.67. The summed E-state index contributed by atoms with van der Waals surface area (Å²) in [5.74, 6) is 1.63. The third kappa shape index (κ3) is 5.72. The van der Waals surface area contributed by atoms with Crippen LogP contribution in [0, 0.1) is 12.8 Å². The van der Waals surface area contributed by atoms with E-state index in [1.807, 2.05) is 42.0 Å². The number of amides is 2. The lowest BCUT2D eigenvalue weighted by molar-refractivity contribution is -0.132. The maximum Gasteiger partial charge on any atom is 0.254 e. The average Bonchev–Trinajstić information content (AvgIpc) is 2.75. The van der Waals surface area contributed by atoms with Gasteiger partial charge >= 0.3 is 0 Å². The number of carbonyl (C=O) groups excluding carboxylic acids is 2. The van der Waals surface area contributed by atoms with Gasteiger partial charge in [-0.15, -0.1) is 0 Å². The van der Waals surface area contributed by atoms with Crippen molar-refractivity contribution in [2.75, 3.05) is 53.4 Å². The van der Waals surface area contributed by atoms with Gasteiger partial charge in [0.25, 0.3) is 5.91 Å². The van der Waals surface area contributed by atoms with E-state index in [-0.39, 0.29) is 11.8 Å². The van der Waals surface area contributed by atoms with Crippen LogP contribution in [0.1, 0.15) is 48.0 Å². The lowest BCUT2D eigenvalue weighted by Crippen LogP contribution is -2.51. The highest BCUT2D eigenvalue weighted by Crippen LogP contribution is 2.24. The molecule has 1 aliphatic carbocycles. The van der Waals surface area contributed by atoms with Crippen molar-refractivity contribution in [2.24, 2.45) is 5.92 Å². The van der Waals surface area contributed by atoms with Crippen LogP contribution in [0.4, 0.5) is 0 Å². The third-order valence-corrected chi connectivity index (χ3v) is 6.36. The fourth-order valence-electron chi connectivity index (χ4n) is 4.42. The Morgan fingerprint density at radius 2 is 1.79 bits per heavy atom. The van der Waals surface area contributed by atoms with E-state index in [2.05, 4.69) is 4.90 Å². The summed E-state index contributed by atoms with van der Waals surface area (Å²) in [6.45, 7) is 6.06. The Bertz CT molecular complexity index is 707. The molecule has 6 nitrogen and oxygen atoms in total. The summed E-state index contributed by atoms with van der Waals surface area (Å²) < 4.78 is 5.34. The van der Waals surface area contributed by atoms with E-state index in [0.29, 0.717) is 31.1 Å². The van der Waals surface area contributed by atoms with Crippen LogP contribution >= 0.6 is 0 Å². The van der Waals surface area contributed by atoms with Crippen LogP contribution in [0.5, 0.6) is 5.75 Å². The maximum atomic E-state index is 12.8. The molecule has 160 valence electrons. The molecule has 0 radical (unpaired) electrons. The number of rotatable bonds is 6. The molecule has 0 bridgehead atoms. The SMILES string of the molecule is COc1cc(C(=O)N2CCN(CC(=O)N(C)CC3CCCCC3)CC2)ccc1C. The van der Waals surface area contributed by atoms with E-state index in [0.717, 1.165) is 30.9 Å². The Morgan fingerprint density at radius 1 is 1.10 bits per heavy atom. The van der Waals surface area contributed by atoms with E-state index in [1.165, 1.54) is 32.1 Å². The zero-order chi connectivity index (χ0) is 20.8. The number of likely N-dealkylation sites (N-methyl/N-ethyl adjacent to an activating group) is 1. The highest BCUT2D eigenvalue weighted by Gasteiger charge is 2.25. The van der Waals surface area contributed by atoms with Gasteiger partial charge in [0, 0.05) is 45.3 Å². The van der Waals surface area contributed by atoms with Gasteiger partial charge in [0.1, 0.15) is 5.75 Å². The monoisotopic (exact) mass is 401 g/mol.